The summed E-state index contributed by atoms with van der Waals surface area (Å²) in [5.74, 6) is 2.43. The third-order valence-electron chi connectivity index (χ3n) is 6.14. The highest BCUT2D eigenvalue weighted by Gasteiger charge is 2.27. The number of carbonyl (C=O) groups excluding carboxylic acids is 1. The lowest BCUT2D eigenvalue weighted by Gasteiger charge is -2.30. The topological polar surface area (TPSA) is 124 Å². The number of phenols is 1. The van der Waals surface area contributed by atoms with Gasteiger partial charge in [0, 0.05) is 13.1 Å². The molecule has 182 valence electrons. The number of aromatic nitrogens is 2. The van der Waals surface area contributed by atoms with Gasteiger partial charge in [0.15, 0.2) is 17.4 Å². The summed E-state index contributed by atoms with van der Waals surface area (Å²) >= 11 is 1.04. The number of rotatable bonds is 7. The van der Waals surface area contributed by atoms with Crippen LogP contribution in [0.15, 0.2) is 28.7 Å². The Kier molecular flexibility index (Phi) is 7.08. The van der Waals surface area contributed by atoms with Gasteiger partial charge in [-0.05, 0) is 56.4 Å². The minimum absolute atomic E-state index is 0.121. The highest BCUT2D eigenvalue weighted by Crippen LogP contribution is 2.36. The fraction of sp³-hybridized carbons (Fsp3) is 0.458. The number of likely N-dealkylation sites (tertiary alicyclic amines) is 1. The quantitative estimate of drug-likeness (QED) is 0.358. The van der Waals surface area contributed by atoms with Gasteiger partial charge in [0.2, 0.25) is 0 Å². The van der Waals surface area contributed by atoms with Crippen LogP contribution < -0.4 is 10.6 Å². The molecule has 1 saturated heterocycles. The first-order valence-electron chi connectivity index (χ1n) is 11.5. The third-order valence-corrected chi connectivity index (χ3v) is 6.67. The number of aryl methyl sites for hydroxylation is 2. The van der Waals surface area contributed by atoms with Crippen molar-refractivity contribution in [1.29, 1.82) is 0 Å². The van der Waals surface area contributed by atoms with Crippen LogP contribution in [0.2, 0.25) is 0 Å². The van der Waals surface area contributed by atoms with Gasteiger partial charge in [0.1, 0.15) is 11.5 Å². The molecule has 1 fully saturated rings. The molecule has 34 heavy (non-hydrogen) atoms. The summed E-state index contributed by atoms with van der Waals surface area (Å²) in [6.07, 6.45) is 0.876. The fourth-order valence-corrected chi connectivity index (χ4v) is 4.56. The molecule has 2 atom stereocenters. The highest BCUT2D eigenvalue weighted by atomic mass is 32.1. The smallest absolute Gasteiger partial charge is 0.257 e. The van der Waals surface area contributed by atoms with Crippen molar-refractivity contribution in [2.45, 2.75) is 52.7 Å². The van der Waals surface area contributed by atoms with Gasteiger partial charge in [-0.25, -0.2) is 0 Å². The Labute approximate surface area is 203 Å². The molecule has 0 saturated carbocycles. The van der Waals surface area contributed by atoms with Crippen LogP contribution in [0.1, 0.15) is 60.2 Å². The lowest BCUT2D eigenvalue weighted by Crippen LogP contribution is -2.42. The molecule has 0 aliphatic carbocycles. The number of hydrogen-bond donors (Lipinski definition) is 4. The molecule has 1 aromatic carbocycles. The van der Waals surface area contributed by atoms with Gasteiger partial charge in [-0.1, -0.05) is 19.9 Å². The van der Waals surface area contributed by atoms with E-state index in [1.54, 1.807) is 23.1 Å². The van der Waals surface area contributed by atoms with Gasteiger partial charge in [-0.15, -0.1) is 0 Å². The zero-order valence-electron chi connectivity index (χ0n) is 19.8. The van der Waals surface area contributed by atoms with E-state index < -0.39 is 6.10 Å². The molecule has 1 amide bonds. The number of carbonyl (C=O) groups is 1. The van der Waals surface area contributed by atoms with Crippen molar-refractivity contribution >= 4 is 35.0 Å². The molecule has 1 aliphatic rings. The zero-order valence-corrected chi connectivity index (χ0v) is 20.6. The molecule has 1 aliphatic heterocycles. The zero-order chi connectivity index (χ0) is 24.4. The SMILES string of the molecule is Cc1cc(C(Nc2nsnc2Nc2cccc(C(=O)N3CCCC(O)C3)c2O)C(C)C)oc1C. The largest absolute Gasteiger partial charge is 0.505 e. The van der Waals surface area contributed by atoms with Crippen molar-refractivity contribution < 1.29 is 19.4 Å². The summed E-state index contributed by atoms with van der Waals surface area (Å²) in [7, 11) is 0. The Balaban J connectivity index is 1.55. The van der Waals surface area contributed by atoms with Gasteiger partial charge < -0.3 is 30.2 Å². The lowest BCUT2D eigenvalue weighted by atomic mass is 10.0. The van der Waals surface area contributed by atoms with Gasteiger partial charge in [-0.3, -0.25) is 4.79 Å². The van der Waals surface area contributed by atoms with Crippen LogP contribution >= 0.6 is 11.7 Å². The first kappa shape index (κ1) is 24.0. The van der Waals surface area contributed by atoms with Crippen LogP contribution in [-0.4, -0.2) is 49.0 Å². The number of amides is 1. The predicted octanol–water partition coefficient (Wildman–Crippen LogP) is 4.60. The van der Waals surface area contributed by atoms with Crippen LogP contribution in [0.5, 0.6) is 5.75 Å². The number of aliphatic hydroxyl groups is 1. The van der Waals surface area contributed by atoms with E-state index in [-0.39, 0.29) is 35.7 Å². The predicted molar refractivity (Wildman–Crippen MR) is 132 cm³/mol. The maximum Gasteiger partial charge on any atom is 0.257 e. The standard InChI is InChI=1S/C24H31N5O4S/c1-13(2)20(19-11-14(3)15(4)33-19)26-23-22(27-34-28-23)25-18-9-5-8-17(21(18)31)24(32)29-10-6-7-16(30)12-29/h5,8-9,11,13,16,20,30-31H,6-7,10,12H2,1-4H3,(H,25,27)(H,26,28). The van der Waals surface area contributed by atoms with E-state index >= 15 is 0 Å². The average molecular weight is 486 g/mol. The summed E-state index contributed by atoms with van der Waals surface area (Å²) in [5, 5.41) is 27.3. The van der Waals surface area contributed by atoms with Crippen molar-refractivity contribution in [3.05, 3.63) is 46.9 Å². The number of benzene rings is 1. The van der Waals surface area contributed by atoms with Gasteiger partial charge in [0.25, 0.3) is 5.91 Å². The molecule has 4 rings (SSSR count). The second-order valence-corrected chi connectivity index (χ2v) is 9.62. The van der Waals surface area contributed by atoms with Crippen molar-refractivity contribution in [1.82, 2.24) is 13.6 Å². The van der Waals surface area contributed by atoms with E-state index in [1.165, 1.54) is 0 Å². The lowest BCUT2D eigenvalue weighted by molar-refractivity contribution is 0.0471. The summed E-state index contributed by atoms with van der Waals surface area (Å²) in [5.41, 5.74) is 1.62. The molecule has 3 heterocycles. The molecule has 0 bridgehead atoms. The fourth-order valence-electron chi connectivity index (χ4n) is 4.09. The monoisotopic (exact) mass is 485 g/mol. The molecular weight excluding hydrogens is 454 g/mol. The number of furan rings is 1. The molecule has 2 aromatic heterocycles. The van der Waals surface area contributed by atoms with Gasteiger partial charge in [0.05, 0.1) is 35.1 Å². The normalized spacial score (nSPS) is 17.1. The summed E-state index contributed by atoms with van der Waals surface area (Å²) in [4.78, 5) is 14.5. The first-order chi connectivity index (χ1) is 16.2. The van der Waals surface area contributed by atoms with Crippen LogP contribution in [-0.2, 0) is 0 Å². The molecule has 0 spiro atoms. The number of aromatic hydroxyl groups is 1. The molecular formula is C24H31N5O4S. The van der Waals surface area contributed by atoms with E-state index in [0.717, 1.165) is 35.2 Å². The summed E-state index contributed by atoms with van der Waals surface area (Å²) in [6, 6.07) is 6.87. The number of nitrogens with one attached hydrogen (secondary N) is 2. The maximum atomic E-state index is 13.0. The van der Waals surface area contributed by atoms with Crippen LogP contribution in [0, 0.1) is 19.8 Å². The summed E-state index contributed by atoms with van der Waals surface area (Å²) in [6.45, 7) is 8.96. The third kappa shape index (κ3) is 5.02. The number of anilines is 3. The number of β-amino-alcohol motifs (C(OH)–C–C–N with tert-alkyl or cyclic N) is 1. The van der Waals surface area contributed by atoms with Crippen molar-refractivity contribution in [2.24, 2.45) is 5.92 Å². The van der Waals surface area contributed by atoms with Crippen LogP contribution in [0.25, 0.3) is 0 Å². The van der Waals surface area contributed by atoms with Crippen LogP contribution in [0.3, 0.4) is 0 Å². The number of piperidine rings is 1. The van der Waals surface area contributed by atoms with E-state index in [9.17, 15) is 15.0 Å². The van der Waals surface area contributed by atoms with Crippen molar-refractivity contribution in [3.8, 4) is 5.75 Å². The van der Waals surface area contributed by atoms with Gasteiger partial charge >= 0.3 is 0 Å². The van der Waals surface area contributed by atoms with E-state index in [1.807, 2.05) is 19.9 Å². The molecule has 2 unspecified atom stereocenters. The number of phenolic OH excluding ortho intramolecular Hbond substituents is 1. The second kappa shape index (κ2) is 10.0. The number of hydrogen-bond acceptors (Lipinski definition) is 9. The molecule has 10 heteroatoms. The number of nitrogens with zero attached hydrogens (tertiary/aromatic N) is 3. The Hall–Kier alpha value is -3.11. The highest BCUT2D eigenvalue weighted by molar-refractivity contribution is 6.99. The van der Waals surface area contributed by atoms with E-state index in [4.69, 9.17) is 4.42 Å². The molecule has 9 nitrogen and oxygen atoms in total. The summed E-state index contributed by atoms with van der Waals surface area (Å²) < 4.78 is 14.7. The second-order valence-electron chi connectivity index (χ2n) is 9.09. The number of para-hydroxylation sites is 1. The minimum atomic E-state index is -0.536. The number of aliphatic hydroxyl groups excluding tert-OH is 1. The average Bonchev–Trinajstić information content (AvgIpc) is 3.38. The molecule has 0 radical (unpaired) electrons. The molecule has 4 N–H and O–H groups in total. The van der Waals surface area contributed by atoms with E-state index in [2.05, 4.69) is 33.2 Å². The van der Waals surface area contributed by atoms with Gasteiger partial charge in [-0.2, -0.15) is 8.75 Å². The van der Waals surface area contributed by atoms with Crippen molar-refractivity contribution in [3.63, 3.8) is 0 Å². The van der Waals surface area contributed by atoms with Crippen LogP contribution in [0.4, 0.5) is 17.3 Å². The molecule has 3 aromatic rings. The maximum absolute atomic E-state index is 13.0. The van der Waals surface area contributed by atoms with Crippen molar-refractivity contribution in [2.75, 3.05) is 23.7 Å². The minimum Gasteiger partial charge on any atom is -0.505 e. The Bertz CT molecular complexity index is 1140. The Morgan fingerprint density at radius 2 is 2.03 bits per heavy atom. The Morgan fingerprint density at radius 1 is 1.26 bits per heavy atom. The van der Waals surface area contributed by atoms with E-state index in [0.29, 0.717) is 30.3 Å². The first-order valence-corrected chi connectivity index (χ1v) is 12.2. The Morgan fingerprint density at radius 3 is 2.71 bits per heavy atom.